The molecular formula is C14H20N2O2. The van der Waals surface area contributed by atoms with E-state index < -0.39 is 6.10 Å². The Kier molecular flexibility index (Phi) is 4.33. The topological polar surface area (TPSA) is 61.4 Å². The lowest BCUT2D eigenvalue weighted by Gasteiger charge is -2.13. The summed E-state index contributed by atoms with van der Waals surface area (Å²) in [5.74, 6) is 0.700. The van der Waals surface area contributed by atoms with Gasteiger partial charge in [-0.15, -0.1) is 0 Å². The zero-order valence-electron chi connectivity index (χ0n) is 10.6. The molecule has 0 radical (unpaired) electrons. The molecule has 1 amide bonds. The van der Waals surface area contributed by atoms with Crippen LogP contribution in [0.5, 0.6) is 0 Å². The van der Waals surface area contributed by atoms with Crippen molar-refractivity contribution in [2.75, 3.05) is 18.4 Å². The second kappa shape index (κ2) is 5.98. The predicted octanol–water partition coefficient (Wildman–Crippen LogP) is 1.68. The minimum Gasteiger partial charge on any atom is -0.389 e. The number of aliphatic hydroxyl groups excluding tert-OH is 1. The van der Waals surface area contributed by atoms with Crippen LogP contribution in [0.4, 0.5) is 5.69 Å². The van der Waals surface area contributed by atoms with Gasteiger partial charge in [-0.25, -0.2) is 0 Å². The number of aliphatic hydroxyl groups is 1. The Labute approximate surface area is 107 Å². The number of para-hydroxylation sites is 1. The number of rotatable bonds is 6. The summed E-state index contributed by atoms with van der Waals surface area (Å²) in [6.45, 7) is 2.94. The minimum atomic E-state index is -0.582. The van der Waals surface area contributed by atoms with Crippen LogP contribution in [0.1, 0.15) is 31.4 Å². The quantitative estimate of drug-likeness (QED) is 0.717. The molecule has 1 saturated carbocycles. The third-order valence-electron chi connectivity index (χ3n) is 3.10. The predicted molar refractivity (Wildman–Crippen MR) is 71.3 cm³/mol. The van der Waals surface area contributed by atoms with E-state index in [-0.39, 0.29) is 5.91 Å². The normalized spacial score (nSPS) is 16.3. The van der Waals surface area contributed by atoms with Crippen molar-refractivity contribution in [3.8, 4) is 0 Å². The summed E-state index contributed by atoms with van der Waals surface area (Å²) in [6.07, 6.45) is 1.97. The molecule has 1 unspecified atom stereocenters. The number of carbonyl (C=O) groups is 1. The Hall–Kier alpha value is -1.39. The summed E-state index contributed by atoms with van der Waals surface area (Å²) in [5, 5.41) is 15.6. The zero-order chi connectivity index (χ0) is 13.0. The Morgan fingerprint density at radius 2 is 2.17 bits per heavy atom. The first-order valence-corrected chi connectivity index (χ1v) is 6.44. The maximum absolute atomic E-state index is 11.7. The summed E-state index contributed by atoms with van der Waals surface area (Å²) in [4.78, 5) is 11.7. The summed E-state index contributed by atoms with van der Waals surface area (Å²) in [6, 6.07) is 7.32. The van der Waals surface area contributed by atoms with Gasteiger partial charge in [0.2, 0.25) is 5.91 Å². The number of benzene rings is 1. The van der Waals surface area contributed by atoms with Gasteiger partial charge in [0, 0.05) is 11.3 Å². The van der Waals surface area contributed by atoms with Gasteiger partial charge in [0.05, 0.1) is 12.6 Å². The summed E-state index contributed by atoms with van der Waals surface area (Å²) in [7, 11) is 0. The van der Waals surface area contributed by atoms with E-state index in [0.717, 1.165) is 18.0 Å². The summed E-state index contributed by atoms with van der Waals surface area (Å²) >= 11 is 0. The van der Waals surface area contributed by atoms with Crippen LogP contribution in [0.25, 0.3) is 0 Å². The van der Waals surface area contributed by atoms with Gasteiger partial charge in [-0.05, 0) is 38.3 Å². The molecule has 0 aromatic heterocycles. The Bertz CT molecular complexity index is 414. The lowest BCUT2D eigenvalue weighted by atomic mass is 10.1. The van der Waals surface area contributed by atoms with Crippen LogP contribution in [0.2, 0.25) is 0 Å². The molecule has 0 spiro atoms. The Balaban J connectivity index is 1.85. The third-order valence-corrected chi connectivity index (χ3v) is 3.10. The molecule has 1 aliphatic rings. The van der Waals surface area contributed by atoms with Crippen LogP contribution in [0.15, 0.2) is 24.3 Å². The van der Waals surface area contributed by atoms with E-state index in [4.69, 9.17) is 0 Å². The first kappa shape index (κ1) is 13.1. The molecule has 0 aliphatic heterocycles. The number of hydrogen-bond donors (Lipinski definition) is 3. The summed E-state index contributed by atoms with van der Waals surface area (Å²) in [5.41, 5.74) is 1.43. The lowest BCUT2D eigenvalue weighted by molar-refractivity contribution is -0.115. The average Bonchev–Trinajstić information content (AvgIpc) is 3.13. The SMILES string of the molecule is CC(O)c1ccccc1NC(=O)CNCC1CC1. The van der Waals surface area contributed by atoms with E-state index in [2.05, 4.69) is 10.6 Å². The molecule has 2 rings (SSSR count). The summed E-state index contributed by atoms with van der Waals surface area (Å²) < 4.78 is 0. The minimum absolute atomic E-state index is 0.0660. The molecule has 4 heteroatoms. The van der Waals surface area contributed by atoms with E-state index in [1.165, 1.54) is 12.8 Å². The molecule has 1 fully saturated rings. The van der Waals surface area contributed by atoms with Crippen LogP contribution in [-0.2, 0) is 4.79 Å². The van der Waals surface area contributed by atoms with Crippen molar-refractivity contribution < 1.29 is 9.90 Å². The van der Waals surface area contributed by atoms with Gasteiger partial charge < -0.3 is 15.7 Å². The van der Waals surface area contributed by atoms with E-state index in [1.54, 1.807) is 13.0 Å². The van der Waals surface area contributed by atoms with Crippen LogP contribution < -0.4 is 10.6 Å². The highest BCUT2D eigenvalue weighted by molar-refractivity contribution is 5.93. The molecule has 18 heavy (non-hydrogen) atoms. The number of nitrogens with one attached hydrogen (secondary N) is 2. The molecule has 1 aromatic rings. The molecule has 1 atom stereocenters. The maximum atomic E-state index is 11.7. The standard InChI is InChI=1S/C14H20N2O2/c1-10(17)12-4-2-3-5-13(12)16-14(18)9-15-8-11-6-7-11/h2-5,10-11,15,17H,6-9H2,1H3,(H,16,18). The number of anilines is 1. The van der Waals surface area contributed by atoms with E-state index in [0.29, 0.717) is 12.2 Å². The van der Waals surface area contributed by atoms with Gasteiger partial charge >= 0.3 is 0 Å². The molecule has 0 bridgehead atoms. The van der Waals surface area contributed by atoms with Gasteiger partial charge in [-0.3, -0.25) is 4.79 Å². The molecule has 0 heterocycles. The van der Waals surface area contributed by atoms with Gasteiger partial charge in [0.15, 0.2) is 0 Å². The first-order chi connectivity index (χ1) is 8.66. The molecule has 1 aliphatic carbocycles. The Morgan fingerprint density at radius 3 is 2.83 bits per heavy atom. The van der Waals surface area contributed by atoms with E-state index in [9.17, 15) is 9.90 Å². The fourth-order valence-electron chi connectivity index (χ4n) is 1.88. The van der Waals surface area contributed by atoms with Crippen molar-refractivity contribution in [3.05, 3.63) is 29.8 Å². The Morgan fingerprint density at radius 1 is 1.44 bits per heavy atom. The molecule has 4 nitrogen and oxygen atoms in total. The van der Waals surface area contributed by atoms with Gasteiger partial charge in [-0.1, -0.05) is 18.2 Å². The first-order valence-electron chi connectivity index (χ1n) is 6.44. The van der Waals surface area contributed by atoms with Gasteiger partial charge in [-0.2, -0.15) is 0 Å². The zero-order valence-corrected chi connectivity index (χ0v) is 10.6. The number of amides is 1. The van der Waals surface area contributed by atoms with Crippen molar-refractivity contribution in [2.24, 2.45) is 5.92 Å². The van der Waals surface area contributed by atoms with Crippen molar-refractivity contribution >= 4 is 11.6 Å². The maximum Gasteiger partial charge on any atom is 0.238 e. The van der Waals surface area contributed by atoms with Gasteiger partial charge in [0.25, 0.3) is 0 Å². The fourth-order valence-corrected chi connectivity index (χ4v) is 1.88. The van der Waals surface area contributed by atoms with Crippen LogP contribution in [0.3, 0.4) is 0 Å². The smallest absolute Gasteiger partial charge is 0.238 e. The average molecular weight is 248 g/mol. The van der Waals surface area contributed by atoms with E-state index >= 15 is 0 Å². The number of hydrogen-bond acceptors (Lipinski definition) is 3. The van der Waals surface area contributed by atoms with E-state index in [1.807, 2.05) is 18.2 Å². The lowest BCUT2D eigenvalue weighted by Crippen LogP contribution is -2.29. The second-order valence-electron chi connectivity index (χ2n) is 4.89. The van der Waals surface area contributed by atoms with Crippen molar-refractivity contribution in [2.45, 2.75) is 25.9 Å². The highest BCUT2D eigenvalue weighted by Crippen LogP contribution is 2.27. The second-order valence-corrected chi connectivity index (χ2v) is 4.89. The monoisotopic (exact) mass is 248 g/mol. The molecule has 98 valence electrons. The van der Waals surface area contributed by atoms with Crippen molar-refractivity contribution in [3.63, 3.8) is 0 Å². The van der Waals surface area contributed by atoms with Crippen molar-refractivity contribution in [1.82, 2.24) is 5.32 Å². The van der Waals surface area contributed by atoms with Crippen LogP contribution in [-0.4, -0.2) is 24.1 Å². The third kappa shape index (κ3) is 3.82. The number of carbonyl (C=O) groups excluding carboxylic acids is 1. The molecule has 0 saturated heterocycles. The molecule has 1 aromatic carbocycles. The largest absolute Gasteiger partial charge is 0.389 e. The van der Waals surface area contributed by atoms with Crippen LogP contribution >= 0.6 is 0 Å². The fraction of sp³-hybridized carbons (Fsp3) is 0.500. The highest BCUT2D eigenvalue weighted by Gasteiger charge is 2.20. The molecule has 3 N–H and O–H groups in total. The van der Waals surface area contributed by atoms with Gasteiger partial charge in [0.1, 0.15) is 0 Å². The molecular weight excluding hydrogens is 228 g/mol. The van der Waals surface area contributed by atoms with Crippen LogP contribution in [0, 0.1) is 5.92 Å². The highest BCUT2D eigenvalue weighted by atomic mass is 16.3. The van der Waals surface area contributed by atoms with Crippen molar-refractivity contribution in [1.29, 1.82) is 0 Å².